The summed E-state index contributed by atoms with van der Waals surface area (Å²) in [6, 6.07) is 8.58. The molecular weight excluding hydrogens is 323 g/mol. The highest BCUT2D eigenvalue weighted by molar-refractivity contribution is 5.94. The van der Waals surface area contributed by atoms with E-state index in [1.165, 1.54) is 35.2 Å². The summed E-state index contributed by atoms with van der Waals surface area (Å²) in [6.45, 7) is 0. The fourth-order valence-corrected chi connectivity index (χ4v) is 2.14. The average Bonchev–Trinajstić information content (AvgIpc) is 2.53. The monoisotopic (exact) mass is 337 g/mol. The maximum Gasteiger partial charge on any atom is 0.416 e. The molecule has 0 radical (unpaired) electrons. The zero-order valence-corrected chi connectivity index (χ0v) is 12.9. The number of carboxylic acid groups (broad SMARTS) is 1. The highest BCUT2D eigenvalue weighted by Crippen LogP contribution is 2.33. The Balaban J connectivity index is 2.50. The highest BCUT2D eigenvalue weighted by atomic mass is 19.4. The van der Waals surface area contributed by atoms with Crippen LogP contribution in [0.3, 0.4) is 0 Å². The SMILES string of the molecule is CN(C)C(=O)c1ccc(-c2cc(C(=O)O)cc(C(F)(F)F)c2)cc1. The van der Waals surface area contributed by atoms with Crippen LogP contribution in [0.2, 0.25) is 0 Å². The highest BCUT2D eigenvalue weighted by Gasteiger charge is 2.32. The number of carboxylic acids is 1. The molecule has 0 heterocycles. The van der Waals surface area contributed by atoms with Crippen molar-refractivity contribution in [1.29, 1.82) is 0 Å². The van der Waals surface area contributed by atoms with Gasteiger partial charge in [0.05, 0.1) is 11.1 Å². The molecule has 0 aliphatic carbocycles. The molecule has 0 spiro atoms. The van der Waals surface area contributed by atoms with Gasteiger partial charge >= 0.3 is 12.1 Å². The number of carbonyl (C=O) groups excluding carboxylic acids is 1. The first-order valence-electron chi connectivity index (χ1n) is 6.87. The normalized spacial score (nSPS) is 11.2. The Labute approximate surface area is 136 Å². The Morgan fingerprint density at radius 2 is 1.50 bits per heavy atom. The lowest BCUT2D eigenvalue weighted by Crippen LogP contribution is -2.21. The predicted octanol–water partition coefficient (Wildman–Crippen LogP) is 3.77. The molecule has 1 amide bonds. The van der Waals surface area contributed by atoms with Gasteiger partial charge in [-0.3, -0.25) is 4.79 Å². The van der Waals surface area contributed by atoms with Gasteiger partial charge in [0.15, 0.2) is 0 Å². The largest absolute Gasteiger partial charge is 0.478 e. The predicted molar refractivity (Wildman–Crippen MR) is 81.9 cm³/mol. The van der Waals surface area contributed by atoms with Crippen LogP contribution in [0.5, 0.6) is 0 Å². The number of nitrogens with zero attached hydrogens (tertiary/aromatic N) is 1. The fraction of sp³-hybridized carbons (Fsp3) is 0.176. The molecule has 2 rings (SSSR count). The summed E-state index contributed by atoms with van der Waals surface area (Å²) in [5, 5.41) is 9.01. The molecule has 2 aromatic rings. The van der Waals surface area contributed by atoms with Gasteiger partial charge in [-0.25, -0.2) is 4.79 Å². The zero-order chi connectivity index (χ0) is 18.1. The van der Waals surface area contributed by atoms with Gasteiger partial charge in [0.2, 0.25) is 0 Å². The summed E-state index contributed by atoms with van der Waals surface area (Å²) >= 11 is 0. The number of rotatable bonds is 3. The quantitative estimate of drug-likeness (QED) is 0.927. The summed E-state index contributed by atoms with van der Waals surface area (Å²) in [4.78, 5) is 24.3. The minimum atomic E-state index is -4.65. The summed E-state index contributed by atoms with van der Waals surface area (Å²) in [5.74, 6) is -1.68. The van der Waals surface area contributed by atoms with Crippen LogP contribution in [0.25, 0.3) is 11.1 Å². The van der Waals surface area contributed by atoms with E-state index in [4.69, 9.17) is 5.11 Å². The molecule has 0 bridgehead atoms. The molecule has 4 nitrogen and oxygen atoms in total. The number of aromatic carboxylic acids is 1. The van der Waals surface area contributed by atoms with Crippen molar-refractivity contribution in [2.24, 2.45) is 0 Å². The van der Waals surface area contributed by atoms with Gasteiger partial charge in [-0.2, -0.15) is 13.2 Å². The Hall–Kier alpha value is -2.83. The van der Waals surface area contributed by atoms with Crippen LogP contribution >= 0.6 is 0 Å². The lowest BCUT2D eigenvalue weighted by atomic mass is 9.98. The third-order valence-corrected chi connectivity index (χ3v) is 3.38. The zero-order valence-electron chi connectivity index (χ0n) is 12.9. The summed E-state index contributed by atoms with van der Waals surface area (Å²) in [5.41, 5.74) is -0.599. The maximum absolute atomic E-state index is 12.9. The van der Waals surface area contributed by atoms with E-state index >= 15 is 0 Å². The van der Waals surface area contributed by atoms with Crippen LogP contribution in [-0.2, 0) is 6.18 Å². The van der Waals surface area contributed by atoms with Crippen molar-refractivity contribution in [2.45, 2.75) is 6.18 Å². The van der Waals surface area contributed by atoms with Crippen molar-refractivity contribution in [3.05, 3.63) is 59.2 Å². The molecule has 0 saturated carbocycles. The third-order valence-electron chi connectivity index (χ3n) is 3.38. The first kappa shape index (κ1) is 17.5. The topological polar surface area (TPSA) is 57.6 Å². The van der Waals surface area contributed by atoms with Crippen LogP contribution in [0.4, 0.5) is 13.2 Å². The van der Waals surface area contributed by atoms with Gasteiger partial charge in [-0.05, 0) is 41.5 Å². The van der Waals surface area contributed by atoms with E-state index in [9.17, 15) is 22.8 Å². The molecular formula is C17H14F3NO3. The van der Waals surface area contributed by atoms with Crippen molar-refractivity contribution >= 4 is 11.9 Å². The molecule has 0 aliphatic rings. The fourth-order valence-electron chi connectivity index (χ4n) is 2.14. The number of hydrogen-bond donors (Lipinski definition) is 1. The molecule has 0 aliphatic heterocycles. The Kier molecular flexibility index (Phi) is 4.64. The molecule has 0 atom stereocenters. The maximum atomic E-state index is 12.9. The van der Waals surface area contributed by atoms with Gasteiger partial charge in [0.25, 0.3) is 5.91 Å². The first-order valence-corrected chi connectivity index (χ1v) is 6.87. The molecule has 7 heteroatoms. The van der Waals surface area contributed by atoms with E-state index in [1.807, 2.05) is 0 Å². The second kappa shape index (κ2) is 6.35. The molecule has 0 fully saturated rings. The van der Waals surface area contributed by atoms with Crippen LogP contribution in [0, 0.1) is 0 Å². The number of hydrogen-bond acceptors (Lipinski definition) is 2. The van der Waals surface area contributed by atoms with Gasteiger partial charge in [0, 0.05) is 19.7 Å². The van der Waals surface area contributed by atoms with Crippen LogP contribution in [0.1, 0.15) is 26.3 Å². The molecule has 2 aromatic carbocycles. The average molecular weight is 337 g/mol. The standard InChI is InChI=1S/C17H14F3NO3/c1-21(2)15(22)11-5-3-10(4-6-11)12-7-13(16(23)24)9-14(8-12)17(18,19)20/h3-9H,1-2H3,(H,23,24). The number of halogens is 3. The van der Waals surface area contributed by atoms with E-state index in [-0.39, 0.29) is 11.5 Å². The van der Waals surface area contributed by atoms with Gasteiger partial charge in [-0.15, -0.1) is 0 Å². The number of benzene rings is 2. The van der Waals surface area contributed by atoms with E-state index in [1.54, 1.807) is 14.1 Å². The van der Waals surface area contributed by atoms with Gasteiger partial charge < -0.3 is 10.0 Å². The van der Waals surface area contributed by atoms with Crippen molar-refractivity contribution in [1.82, 2.24) is 4.90 Å². The van der Waals surface area contributed by atoms with Crippen molar-refractivity contribution < 1.29 is 27.9 Å². The van der Waals surface area contributed by atoms with E-state index in [0.717, 1.165) is 6.07 Å². The number of carbonyl (C=O) groups is 2. The molecule has 0 aromatic heterocycles. The Morgan fingerprint density at radius 1 is 0.917 bits per heavy atom. The van der Waals surface area contributed by atoms with Gasteiger partial charge in [-0.1, -0.05) is 12.1 Å². The molecule has 24 heavy (non-hydrogen) atoms. The van der Waals surface area contributed by atoms with Crippen LogP contribution in [-0.4, -0.2) is 36.0 Å². The lowest BCUT2D eigenvalue weighted by Gasteiger charge is -2.12. The minimum Gasteiger partial charge on any atom is -0.478 e. The molecule has 1 N–H and O–H groups in total. The summed E-state index contributed by atoms with van der Waals surface area (Å²) in [6.07, 6.45) is -4.65. The Bertz CT molecular complexity index is 781. The van der Waals surface area contributed by atoms with Crippen LogP contribution < -0.4 is 0 Å². The van der Waals surface area contributed by atoms with Crippen molar-refractivity contribution in [2.75, 3.05) is 14.1 Å². The lowest BCUT2D eigenvalue weighted by molar-refractivity contribution is -0.137. The van der Waals surface area contributed by atoms with E-state index in [0.29, 0.717) is 17.2 Å². The third kappa shape index (κ3) is 3.73. The second-order valence-electron chi connectivity index (χ2n) is 5.38. The first-order chi connectivity index (χ1) is 11.1. The second-order valence-corrected chi connectivity index (χ2v) is 5.38. The van der Waals surface area contributed by atoms with E-state index in [2.05, 4.69) is 0 Å². The molecule has 126 valence electrons. The Morgan fingerprint density at radius 3 is 1.96 bits per heavy atom. The minimum absolute atomic E-state index is 0.117. The smallest absolute Gasteiger partial charge is 0.416 e. The summed E-state index contributed by atoms with van der Waals surface area (Å²) < 4.78 is 38.8. The number of amides is 1. The van der Waals surface area contributed by atoms with Crippen molar-refractivity contribution in [3.8, 4) is 11.1 Å². The number of alkyl halides is 3. The van der Waals surface area contributed by atoms with Crippen molar-refractivity contribution in [3.63, 3.8) is 0 Å². The van der Waals surface area contributed by atoms with Crippen LogP contribution in [0.15, 0.2) is 42.5 Å². The van der Waals surface area contributed by atoms with E-state index < -0.39 is 23.3 Å². The molecule has 0 unspecified atom stereocenters. The van der Waals surface area contributed by atoms with Gasteiger partial charge in [0.1, 0.15) is 0 Å². The summed E-state index contributed by atoms with van der Waals surface area (Å²) in [7, 11) is 3.17. The molecule has 0 saturated heterocycles.